The molecule has 0 spiro atoms. The number of hydrogen-bond acceptors (Lipinski definition) is 3. The Balaban J connectivity index is 1.68. The third-order valence-electron chi connectivity index (χ3n) is 4.48. The molecule has 1 heterocycles. The number of ether oxygens (including phenoxy) is 1. The van der Waals surface area contributed by atoms with E-state index in [2.05, 4.69) is 30.5 Å². The first kappa shape index (κ1) is 19.2. The SMILES string of the molecule is CN(C)C(=O)c1ccc(NC(=S)N[C@@H]2CC(C)(C)Oc3ccccc32)cc1. The summed E-state index contributed by atoms with van der Waals surface area (Å²) in [5.41, 5.74) is 2.32. The number of nitrogens with one attached hydrogen (secondary N) is 2. The van der Waals surface area contributed by atoms with E-state index in [1.807, 2.05) is 30.3 Å². The predicted octanol–water partition coefficient (Wildman–Crippen LogP) is 3.98. The van der Waals surface area contributed by atoms with E-state index in [1.165, 1.54) is 0 Å². The topological polar surface area (TPSA) is 53.6 Å². The second-order valence-corrected chi connectivity index (χ2v) is 7.94. The van der Waals surface area contributed by atoms with Gasteiger partial charge >= 0.3 is 0 Å². The summed E-state index contributed by atoms with van der Waals surface area (Å²) in [5.74, 6) is 0.865. The number of hydrogen-bond donors (Lipinski definition) is 2. The lowest BCUT2D eigenvalue weighted by atomic mass is 9.90. The molecule has 0 radical (unpaired) electrons. The molecule has 0 unspecified atom stereocenters. The largest absolute Gasteiger partial charge is 0.487 e. The van der Waals surface area contributed by atoms with Crippen molar-refractivity contribution in [3.05, 3.63) is 59.7 Å². The maximum atomic E-state index is 12.0. The van der Waals surface area contributed by atoms with E-state index in [1.54, 1.807) is 31.1 Å². The van der Waals surface area contributed by atoms with Crippen molar-refractivity contribution < 1.29 is 9.53 Å². The smallest absolute Gasteiger partial charge is 0.253 e. The van der Waals surface area contributed by atoms with Gasteiger partial charge in [0.2, 0.25) is 0 Å². The normalized spacial score (nSPS) is 17.3. The Labute approximate surface area is 165 Å². The molecule has 0 fully saturated rings. The summed E-state index contributed by atoms with van der Waals surface area (Å²) in [4.78, 5) is 13.5. The Morgan fingerprint density at radius 1 is 1.15 bits per heavy atom. The number of rotatable bonds is 3. The van der Waals surface area contributed by atoms with Crippen molar-refractivity contribution in [3.63, 3.8) is 0 Å². The van der Waals surface area contributed by atoms with Crippen LogP contribution in [0.1, 0.15) is 42.2 Å². The Morgan fingerprint density at radius 3 is 2.48 bits per heavy atom. The maximum absolute atomic E-state index is 12.0. The van der Waals surface area contributed by atoms with Gasteiger partial charge in [0, 0.05) is 37.3 Å². The zero-order chi connectivity index (χ0) is 19.6. The van der Waals surface area contributed by atoms with Crippen molar-refractivity contribution in [2.75, 3.05) is 19.4 Å². The molecule has 0 bridgehead atoms. The van der Waals surface area contributed by atoms with E-state index in [4.69, 9.17) is 17.0 Å². The highest BCUT2D eigenvalue weighted by atomic mass is 32.1. The highest BCUT2D eigenvalue weighted by Gasteiger charge is 2.33. The molecule has 1 amide bonds. The molecular formula is C21H25N3O2S. The first-order valence-electron chi connectivity index (χ1n) is 8.92. The molecule has 0 saturated heterocycles. The van der Waals surface area contributed by atoms with Gasteiger partial charge < -0.3 is 20.3 Å². The van der Waals surface area contributed by atoms with Crippen LogP contribution < -0.4 is 15.4 Å². The molecule has 27 heavy (non-hydrogen) atoms. The van der Waals surface area contributed by atoms with Crippen LogP contribution in [0.2, 0.25) is 0 Å². The van der Waals surface area contributed by atoms with Crippen LogP contribution in [0.4, 0.5) is 5.69 Å². The van der Waals surface area contributed by atoms with Crippen LogP contribution in [0.25, 0.3) is 0 Å². The average molecular weight is 384 g/mol. The van der Waals surface area contributed by atoms with E-state index in [9.17, 15) is 4.79 Å². The minimum atomic E-state index is -0.268. The van der Waals surface area contributed by atoms with Crippen molar-refractivity contribution in [1.82, 2.24) is 10.2 Å². The van der Waals surface area contributed by atoms with Crippen LogP contribution in [0.15, 0.2) is 48.5 Å². The fourth-order valence-corrected chi connectivity index (χ4v) is 3.47. The number of anilines is 1. The van der Waals surface area contributed by atoms with Gasteiger partial charge in [-0.2, -0.15) is 0 Å². The van der Waals surface area contributed by atoms with Gasteiger partial charge in [-0.3, -0.25) is 4.79 Å². The molecule has 1 aliphatic heterocycles. The fraction of sp³-hybridized carbons (Fsp3) is 0.333. The number of amides is 1. The molecule has 1 atom stereocenters. The Hall–Kier alpha value is -2.60. The van der Waals surface area contributed by atoms with Gasteiger partial charge in [-0.25, -0.2) is 0 Å². The zero-order valence-electron chi connectivity index (χ0n) is 16.1. The summed E-state index contributed by atoms with van der Waals surface area (Å²) in [5, 5.41) is 7.14. The van der Waals surface area contributed by atoms with Crippen molar-refractivity contribution in [2.45, 2.75) is 31.9 Å². The number of fused-ring (bicyclic) bond motifs is 1. The third kappa shape index (κ3) is 4.57. The van der Waals surface area contributed by atoms with Gasteiger partial charge in [0.05, 0.1) is 6.04 Å². The van der Waals surface area contributed by atoms with Crippen LogP contribution in [-0.4, -0.2) is 35.6 Å². The average Bonchev–Trinajstić information content (AvgIpc) is 2.60. The fourth-order valence-electron chi connectivity index (χ4n) is 3.21. The Kier molecular flexibility index (Phi) is 5.37. The van der Waals surface area contributed by atoms with E-state index < -0.39 is 0 Å². The molecule has 0 saturated carbocycles. The number of carbonyl (C=O) groups is 1. The standard InChI is InChI=1S/C21H25N3O2S/c1-21(2)13-17(16-7-5-6-8-18(16)26-21)23-20(27)22-15-11-9-14(10-12-15)19(25)24(3)4/h5-12,17H,13H2,1-4H3,(H2,22,23,27)/t17-/m1/s1. The number of benzene rings is 2. The summed E-state index contributed by atoms with van der Waals surface area (Å²) in [6.07, 6.45) is 0.808. The molecule has 0 aliphatic carbocycles. The molecule has 0 aromatic heterocycles. The molecular weight excluding hydrogens is 358 g/mol. The van der Waals surface area contributed by atoms with E-state index >= 15 is 0 Å². The summed E-state index contributed by atoms with van der Waals surface area (Å²) in [6.45, 7) is 4.16. The van der Waals surface area contributed by atoms with E-state index in [0.717, 1.165) is 23.4 Å². The van der Waals surface area contributed by atoms with Crippen LogP contribution in [0.5, 0.6) is 5.75 Å². The lowest BCUT2D eigenvalue weighted by Crippen LogP contribution is -2.42. The van der Waals surface area contributed by atoms with Gasteiger partial charge in [0.15, 0.2) is 5.11 Å². The van der Waals surface area contributed by atoms with Crippen LogP contribution in [0.3, 0.4) is 0 Å². The van der Waals surface area contributed by atoms with Gasteiger partial charge in [-0.15, -0.1) is 0 Å². The molecule has 6 heteroatoms. The summed E-state index contributed by atoms with van der Waals surface area (Å²) >= 11 is 5.51. The van der Waals surface area contributed by atoms with E-state index in [0.29, 0.717) is 10.7 Å². The molecule has 2 N–H and O–H groups in total. The highest BCUT2D eigenvalue weighted by Crippen LogP contribution is 2.39. The van der Waals surface area contributed by atoms with Crippen molar-refractivity contribution in [2.24, 2.45) is 0 Å². The molecule has 142 valence electrons. The minimum Gasteiger partial charge on any atom is -0.487 e. The molecule has 5 nitrogen and oxygen atoms in total. The lowest BCUT2D eigenvalue weighted by Gasteiger charge is -2.38. The first-order chi connectivity index (χ1) is 12.7. The van der Waals surface area contributed by atoms with Crippen LogP contribution in [-0.2, 0) is 0 Å². The lowest BCUT2D eigenvalue weighted by molar-refractivity contribution is 0.0696. The number of nitrogens with zero attached hydrogens (tertiary/aromatic N) is 1. The summed E-state index contributed by atoms with van der Waals surface area (Å²) in [6, 6.07) is 15.4. The van der Waals surface area contributed by atoms with Gasteiger partial charge in [-0.05, 0) is 56.4 Å². The number of carbonyl (C=O) groups excluding carboxylic acids is 1. The second-order valence-electron chi connectivity index (χ2n) is 7.53. The van der Waals surface area contributed by atoms with Crippen LogP contribution in [0, 0.1) is 0 Å². The predicted molar refractivity (Wildman–Crippen MR) is 112 cm³/mol. The molecule has 3 rings (SSSR count). The van der Waals surface area contributed by atoms with Crippen molar-refractivity contribution in [3.8, 4) is 5.75 Å². The van der Waals surface area contributed by atoms with Gasteiger partial charge in [0.1, 0.15) is 11.4 Å². The second kappa shape index (κ2) is 7.56. The molecule has 1 aliphatic rings. The minimum absolute atomic E-state index is 0.0247. The van der Waals surface area contributed by atoms with Crippen molar-refractivity contribution >= 4 is 28.9 Å². The third-order valence-corrected chi connectivity index (χ3v) is 4.70. The highest BCUT2D eigenvalue weighted by molar-refractivity contribution is 7.80. The number of thiocarbonyl (C=S) groups is 1. The number of para-hydroxylation sites is 1. The van der Waals surface area contributed by atoms with Gasteiger partial charge in [-0.1, -0.05) is 18.2 Å². The quantitative estimate of drug-likeness (QED) is 0.786. The maximum Gasteiger partial charge on any atom is 0.253 e. The van der Waals surface area contributed by atoms with Gasteiger partial charge in [0.25, 0.3) is 5.91 Å². The first-order valence-corrected chi connectivity index (χ1v) is 9.33. The van der Waals surface area contributed by atoms with E-state index in [-0.39, 0.29) is 17.6 Å². The molecule has 2 aromatic rings. The summed E-state index contributed by atoms with van der Waals surface area (Å²) in [7, 11) is 3.47. The van der Waals surface area contributed by atoms with Crippen molar-refractivity contribution in [1.29, 1.82) is 0 Å². The molecule has 2 aromatic carbocycles. The Morgan fingerprint density at radius 2 is 1.81 bits per heavy atom. The zero-order valence-corrected chi connectivity index (χ0v) is 16.9. The van der Waals surface area contributed by atoms with Crippen LogP contribution >= 0.6 is 12.2 Å². The summed E-state index contributed by atoms with van der Waals surface area (Å²) < 4.78 is 6.06. The Bertz CT molecular complexity index is 847. The monoisotopic (exact) mass is 383 g/mol.